The Morgan fingerprint density at radius 3 is 2.74 bits per heavy atom. The molecule has 0 bridgehead atoms. The van der Waals surface area contributed by atoms with Crippen LogP contribution >= 0.6 is 11.8 Å². The highest BCUT2D eigenvalue weighted by atomic mass is 32.2. The molecule has 0 aliphatic rings. The first-order valence-electron chi connectivity index (χ1n) is 7.52. The third kappa shape index (κ3) is 3.32. The smallest absolute Gasteiger partial charge is 0.230 e. The molecule has 0 fully saturated rings. The van der Waals surface area contributed by atoms with Gasteiger partial charge in [-0.3, -0.25) is 9.20 Å². The first-order valence-corrected chi connectivity index (χ1v) is 8.51. The molecule has 0 aliphatic carbocycles. The molecule has 2 aromatic heterocycles. The van der Waals surface area contributed by atoms with E-state index >= 15 is 0 Å². The third-order valence-electron chi connectivity index (χ3n) is 3.42. The van der Waals surface area contributed by atoms with Crippen LogP contribution in [0.1, 0.15) is 26.3 Å². The van der Waals surface area contributed by atoms with Gasteiger partial charge in [-0.05, 0) is 45.4 Å². The van der Waals surface area contributed by atoms with Crippen molar-refractivity contribution in [1.82, 2.24) is 19.9 Å². The van der Waals surface area contributed by atoms with Gasteiger partial charge in [0.15, 0.2) is 10.8 Å². The molecule has 1 amide bonds. The predicted molar refractivity (Wildman–Crippen MR) is 93.8 cm³/mol. The number of nitrogens with zero attached hydrogens (tertiary/aromatic N) is 3. The highest BCUT2D eigenvalue weighted by molar-refractivity contribution is 7.99. The topological polar surface area (TPSA) is 59.3 Å². The quantitative estimate of drug-likeness (QED) is 0.750. The van der Waals surface area contributed by atoms with Crippen LogP contribution in [-0.2, 0) is 4.79 Å². The zero-order valence-electron chi connectivity index (χ0n) is 13.8. The van der Waals surface area contributed by atoms with Gasteiger partial charge in [-0.15, -0.1) is 10.2 Å². The molecule has 0 aliphatic heterocycles. The van der Waals surface area contributed by atoms with Gasteiger partial charge < -0.3 is 5.32 Å². The average Bonchev–Trinajstić information content (AvgIpc) is 2.87. The van der Waals surface area contributed by atoms with E-state index in [0.29, 0.717) is 5.75 Å². The monoisotopic (exact) mass is 328 g/mol. The van der Waals surface area contributed by atoms with E-state index in [2.05, 4.69) is 34.6 Å². The Hall–Kier alpha value is -2.08. The largest absolute Gasteiger partial charge is 0.351 e. The fourth-order valence-corrected chi connectivity index (χ4v) is 3.30. The van der Waals surface area contributed by atoms with Crippen LogP contribution in [0, 0.1) is 6.92 Å². The molecule has 120 valence electrons. The van der Waals surface area contributed by atoms with Crippen LogP contribution in [0.4, 0.5) is 0 Å². The van der Waals surface area contributed by atoms with E-state index in [0.717, 1.165) is 16.3 Å². The van der Waals surface area contributed by atoms with Gasteiger partial charge in [-0.2, -0.15) is 0 Å². The Bertz CT molecular complexity index is 879. The number of nitrogens with one attached hydrogen (secondary N) is 1. The number of para-hydroxylation sites is 1. The van der Waals surface area contributed by atoms with Gasteiger partial charge >= 0.3 is 0 Å². The minimum absolute atomic E-state index is 0.00401. The van der Waals surface area contributed by atoms with Crippen molar-refractivity contribution in [3.63, 3.8) is 0 Å². The lowest BCUT2D eigenvalue weighted by Gasteiger charge is -2.20. The van der Waals surface area contributed by atoms with Crippen molar-refractivity contribution < 1.29 is 4.79 Å². The number of hydrogen-bond acceptors (Lipinski definition) is 4. The molecule has 1 aromatic carbocycles. The predicted octanol–water partition coefficient (Wildman–Crippen LogP) is 3.20. The second kappa shape index (κ2) is 5.85. The van der Waals surface area contributed by atoms with Gasteiger partial charge in [-0.25, -0.2) is 0 Å². The van der Waals surface area contributed by atoms with E-state index in [1.165, 1.54) is 22.7 Å². The first-order chi connectivity index (χ1) is 10.8. The Morgan fingerprint density at radius 2 is 2.00 bits per heavy atom. The van der Waals surface area contributed by atoms with Crippen molar-refractivity contribution in [2.24, 2.45) is 0 Å². The first kappa shape index (κ1) is 15.8. The minimum Gasteiger partial charge on any atom is -0.351 e. The van der Waals surface area contributed by atoms with Crippen molar-refractivity contribution in [3.8, 4) is 0 Å². The summed E-state index contributed by atoms with van der Waals surface area (Å²) in [5, 5.41) is 13.4. The van der Waals surface area contributed by atoms with Crippen LogP contribution in [0.3, 0.4) is 0 Å². The van der Waals surface area contributed by atoms with E-state index in [9.17, 15) is 4.79 Å². The van der Waals surface area contributed by atoms with Gasteiger partial charge in [0.1, 0.15) is 0 Å². The molecular formula is C17H20N4OS. The van der Waals surface area contributed by atoms with Gasteiger partial charge in [-0.1, -0.05) is 30.0 Å². The number of pyridine rings is 1. The third-order valence-corrected chi connectivity index (χ3v) is 4.35. The average molecular weight is 328 g/mol. The molecule has 0 spiro atoms. The van der Waals surface area contributed by atoms with Gasteiger partial charge in [0, 0.05) is 10.9 Å². The fraction of sp³-hybridized carbons (Fsp3) is 0.353. The Kier molecular flexibility index (Phi) is 4.02. The number of thioether (sulfide) groups is 1. The summed E-state index contributed by atoms with van der Waals surface area (Å²) in [6, 6.07) is 10.2. The van der Waals surface area contributed by atoms with Crippen molar-refractivity contribution in [3.05, 3.63) is 35.9 Å². The summed E-state index contributed by atoms with van der Waals surface area (Å²) in [5.74, 6) is 0.316. The lowest BCUT2D eigenvalue weighted by molar-refractivity contribution is -0.119. The molecule has 0 saturated heterocycles. The maximum atomic E-state index is 12.0. The van der Waals surface area contributed by atoms with E-state index in [4.69, 9.17) is 0 Å². The Balaban J connectivity index is 1.93. The second-order valence-corrected chi connectivity index (χ2v) is 7.55. The summed E-state index contributed by atoms with van der Waals surface area (Å²) >= 11 is 1.40. The number of benzene rings is 1. The van der Waals surface area contributed by atoms with Crippen LogP contribution in [-0.4, -0.2) is 31.8 Å². The SMILES string of the molecule is Cc1cc2nnc(SCC(=O)NC(C)(C)C)n2c2ccccc12. The van der Waals surface area contributed by atoms with Gasteiger partial charge in [0.25, 0.3) is 0 Å². The number of amides is 1. The molecule has 6 heteroatoms. The molecule has 0 unspecified atom stereocenters. The number of carbonyl (C=O) groups excluding carboxylic acids is 1. The maximum Gasteiger partial charge on any atom is 0.230 e. The second-order valence-electron chi connectivity index (χ2n) is 6.61. The molecule has 1 N–H and O–H groups in total. The standard InChI is InChI=1S/C17H20N4OS/c1-11-9-14-19-20-16(23-10-15(22)18-17(2,3)4)21(14)13-8-6-5-7-12(11)13/h5-9H,10H2,1-4H3,(H,18,22). The molecule has 0 atom stereocenters. The highest BCUT2D eigenvalue weighted by Crippen LogP contribution is 2.25. The van der Waals surface area contributed by atoms with Crippen LogP contribution in [0.5, 0.6) is 0 Å². The molecule has 2 heterocycles. The van der Waals surface area contributed by atoms with Gasteiger partial charge in [0.05, 0.1) is 11.3 Å². The van der Waals surface area contributed by atoms with Crippen LogP contribution in [0.15, 0.2) is 35.5 Å². The maximum absolute atomic E-state index is 12.0. The van der Waals surface area contributed by atoms with Crippen LogP contribution in [0.2, 0.25) is 0 Å². The number of aryl methyl sites for hydroxylation is 1. The van der Waals surface area contributed by atoms with Gasteiger partial charge in [0.2, 0.25) is 5.91 Å². The normalized spacial score (nSPS) is 12.0. The zero-order valence-corrected chi connectivity index (χ0v) is 14.6. The summed E-state index contributed by atoms with van der Waals surface area (Å²) in [5.41, 5.74) is 2.81. The number of hydrogen-bond donors (Lipinski definition) is 1. The van der Waals surface area contributed by atoms with Crippen molar-refractivity contribution in [1.29, 1.82) is 0 Å². The molecule has 0 saturated carbocycles. The van der Waals surface area contributed by atoms with Crippen molar-refractivity contribution in [2.75, 3.05) is 5.75 Å². The molecule has 5 nitrogen and oxygen atoms in total. The summed E-state index contributed by atoms with van der Waals surface area (Å²) in [4.78, 5) is 12.0. The van der Waals surface area contributed by atoms with Crippen LogP contribution in [0.25, 0.3) is 16.6 Å². The minimum atomic E-state index is -0.228. The summed E-state index contributed by atoms with van der Waals surface area (Å²) in [6.45, 7) is 7.98. The number of rotatable bonds is 3. The van der Waals surface area contributed by atoms with E-state index in [1.807, 2.05) is 43.4 Å². The van der Waals surface area contributed by atoms with E-state index < -0.39 is 0 Å². The molecular weight excluding hydrogens is 308 g/mol. The molecule has 0 radical (unpaired) electrons. The number of carbonyl (C=O) groups is 1. The summed E-state index contributed by atoms with van der Waals surface area (Å²) in [6.07, 6.45) is 0. The summed E-state index contributed by atoms with van der Waals surface area (Å²) < 4.78 is 2.01. The number of aromatic nitrogens is 3. The molecule has 3 rings (SSSR count). The highest BCUT2D eigenvalue weighted by Gasteiger charge is 2.16. The van der Waals surface area contributed by atoms with Crippen LogP contribution < -0.4 is 5.32 Å². The van der Waals surface area contributed by atoms with Crippen molar-refractivity contribution in [2.45, 2.75) is 38.4 Å². The number of fused-ring (bicyclic) bond motifs is 3. The lowest BCUT2D eigenvalue weighted by atomic mass is 10.1. The zero-order chi connectivity index (χ0) is 16.6. The summed E-state index contributed by atoms with van der Waals surface area (Å²) in [7, 11) is 0. The molecule has 3 aromatic rings. The van der Waals surface area contributed by atoms with E-state index in [-0.39, 0.29) is 11.4 Å². The Morgan fingerprint density at radius 1 is 1.26 bits per heavy atom. The Labute approximate surface area is 139 Å². The fourth-order valence-electron chi connectivity index (χ4n) is 2.55. The lowest BCUT2D eigenvalue weighted by Crippen LogP contribution is -2.41. The molecule has 23 heavy (non-hydrogen) atoms. The van der Waals surface area contributed by atoms with Crippen molar-refractivity contribution >= 4 is 34.2 Å². The van der Waals surface area contributed by atoms with E-state index in [1.54, 1.807) is 0 Å².